The zero-order chi connectivity index (χ0) is 17.1. The number of rotatable bonds is 6. The molecule has 7 nitrogen and oxygen atoms in total. The van der Waals surface area contributed by atoms with Gasteiger partial charge in [0.05, 0.1) is 0 Å². The van der Waals surface area contributed by atoms with E-state index >= 15 is 0 Å². The Kier molecular flexibility index (Phi) is 4.07. The maximum absolute atomic E-state index is 11.8. The minimum absolute atomic E-state index is 0.0342. The molecule has 3 rings (SSSR count). The molecule has 2 aromatic carbocycles. The van der Waals surface area contributed by atoms with Crippen molar-refractivity contribution in [3.63, 3.8) is 0 Å². The Morgan fingerprint density at radius 3 is 2.21 bits per heavy atom. The van der Waals surface area contributed by atoms with Crippen LogP contribution >= 0.6 is 0 Å². The summed E-state index contributed by atoms with van der Waals surface area (Å²) in [6.45, 7) is 0. The maximum atomic E-state index is 11.8. The van der Waals surface area contributed by atoms with Crippen LogP contribution in [0.1, 0.15) is 11.6 Å². The lowest BCUT2D eigenvalue weighted by atomic mass is 10.1. The largest absolute Gasteiger partial charge is 0.479 e. The quantitative estimate of drug-likeness (QED) is 0.592. The lowest BCUT2D eigenvalue weighted by Crippen LogP contribution is -2.38. The van der Waals surface area contributed by atoms with Crippen LogP contribution in [-0.2, 0) is 4.79 Å². The summed E-state index contributed by atoms with van der Waals surface area (Å²) in [4.78, 5) is 39.0. The first-order valence-electron chi connectivity index (χ1n) is 7.12. The van der Waals surface area contributed by atoms with Crippen LogP contribution in [0.15, 0.2) is 64.4 Å². The third-order valence-electron chi connectivity index (χ3n) is 3.53. The molecule has 0 bridgehead atoms. The molecule has 0 spiro atoms. The number of nitrogens with one attached hydrogen (secondary N) is 2. The van der Waals surface area contributed by atoms with E-state index in [1.807, 2.05) is 0 Å². The van der Waals surface area contributed by atoms with Gasteiger partial charge in [-0.1, -0.05) is 30.3 Å². The fourth-order valence-corrected chi connectivity index (χ4v) is 2.31. The van der Waals surface area contributed by atoms with Crippen LogP contribution in [0.5, 0.6) is 0 Å². The Morgan fingerprint density at radius 1 is 0.958 bits per heavy atom. The third-order valence-corrected chi connectivity index (χ3v) is 3.53. The highest BCUT2D eigenvalue weighted by Crippen LogP contribution is 2.25. The number of carboxylic acid groups (broad SMARTS) is 1. The van der Waals surface area contributed by atoms with Crippen molar-refractivity contribution in [1.29, 1.82) is 0 Å². The molecule has 0 aliphatic rings. The summed E-state index contributed by atoms with van der Waals surface area (Å²) in [6, 6.07) is 10.6. The number of carbonyl (C=O) groups is 1. The molecular formula is C17H13N3O4. The van der Waals surface area contributed by atoms with Crippen molar-refractivity contribution in [3.8, 4) is 0 Å². The van der Waals surface area contributed by atoms with Crippen LogP contribution in [0.2, 0.25) is 0 Å². The number of anilines is 3. The van der Waals surface area contributed by atoms with Gasteiger partial charge in [-0.3, -0.25) is 14.6 Å². The van der Waals surface area contributed by atoms with Crippen molar-refractivity contribution in [2.75, 3.05) is 10.6 Å². The van der Waals surface area contributed by atoms with E-state index in [2.05, 4.69) is 15.6 Å². The van der Waals surface area contributed by atoms with E-state index in [0.29, 0.717) is 11.3 Å². The summed E-state index contributed by atoms with van der Waals surface area (Å²) in [5, 5.41) is 14.9. The van der Waals surface area contributed by atoms with Crippen molar-refractivity contribution >= 4 is 23.0 Å². The van der Waals surface area contributed by atoms with Crippen molar-refractivity contribution in [2.24, 2.45) is 0 Å². The van der Waals surface area contributed by atoms with Crippen LogP contribution < -0.4 is 21.5 Å². The molecule has 24 heavy (non-hydrogen) atoms. The van der Waals surface area contributed by atoms with Gasteiger partial charge in [0.2, 0.25) is 0 Å². The average Bonchev–Trinajstić information content (AvgIpc) is 2.62. The summed E-state index contributed by atoms with van der Waals surface area (Å²) in [6.07, 6.45) is 3.07. The standard InChI is InChI=1S/C17H13N3O4/c21-15-13(19-11-6-8-18-9-7-11)14(16(15)22)20-12(17(23)24)10-4-2-1-3-5-10/h1-9,12,20H,(H,18,19)(H,23,24). The zero-order valence-electron chi connectivity index (χ0n) is 12.4. The molecule has 1 aromatic heterocycles. The lowest BCUT2D eigenvalue weighted by molar-refractivity contribution is -0.138. The van der Waals surface area contributed by atoms with Crippen LogP contribution in [0.4, 0.5) is 17.1 Å². The number of benzene rings is 1. The Balaban J connectivity index is 1.90. The van der Waals surface area contributed by atoms with Crippen LogP contribution in [0, 0.1) is 0 Å². The molecular weight excluding hydrogens is 310 g/mol. The predicted molar refractivity (Wildman–Crippen MR) is 89.3 cm³/mol. The van der Waals surface area contributed by atoms with Gasteiger partial charge in [0.1, 0.15) is 11.4 Å². The number of aromatic nitrogens is 1. The van der Waals surface area contributed by atoms with Gasteiger partial charge >= 0.3 is 5.97 Å². The van der Waals surface area contributed by atoms with Gasteiger partial charge < -0.3 is 15.7 Å². The monoisotopic (exact) mass is 323 g/mol. The third kappa shape index (κ3) is 2.87. The second kappa shape index (κ2) is 6.33. The van der Waals surface area contributed by atoms with Crippen LogP contribution in [0.3, 0.4) is 0 Å². The van der Waals surface area contributed by atoms with E-state index in [0.717, 1.165) is 0 Å². The van der Waals surface area contributed by atoms with E-state index in [9.17, 15) is 19.5 Å². The second-order valence-corrected chi connectivity index (χ2v) is 5.10. The van der Waals surface area contributed by atoms with Gasteiger partial charge in [-0.15, -0.1) is 0 Å². The first-order chi connectivity index (χ1) is 11.6. The molecule has 0 radical (unpaired) electrons. The maximum Gasteiger partial charge on any atom is 0.330 e. The first kappa shape index (κ1) is 15.4. The number of hydrogen-bond donors (Lipinski definition) is 3. The van der Waals surface area contributed by atoms with Crippen molar-refractivity contribution in [3.05, 3.63) is 80.9 Å². The summed E-state index contributed by atoms with van der Waals surface area (Å²) >= 11 is 0. The van der Waals surface area contributed by atoms with E-state index in [1.54, 1.807) is 42.5 Å². The summed E-state index contributed by atoms with van der Waals surface area (Å²) < 4.78 is 0. The highest BCUT2D eigenvalue weighted by molar-refractivity contribution is 5.85. The number of pyridine rings is 1. The number of hydrogen-bond acceptors (Lipinski definition) is 6. The summed E-state index contributed by atoms with van der Waals surface area (Å²) in [5.41, 5.74) is -0.360. The minimum Gasteiger partial charge on any atom is -0.479 e. The normalized spacial score (nSPS) is 11.8. The van der Waals surface area contributed by atoms with E-state index in [4.69, 9.17) is 0 Å². The topological polar surface area (TPSA) is 108 Å². The Morgan fingerprint density at radius 2 is 1.58 bits per heavy atom. The molecule has 1 heterocycles. The molecule has 0 saturated heterocycles. The molecule has 3 aromatic rings. The highest BCUT2D eigenvalue weighted by Gasteiger charge is 2.27. The van der Waals surface area contributed by atoms with E-state index in [1.165, 1.54) is 12.4 Å². The first-order valence-corrected chi connectivity index (χ1v) is 7.12. The molecule has 7 heteroatoms. The molecule has 120 valence electrons. The van der Waals surface area contributed by atoms with Gasteiger partial charge in [0.15, 0.2) is 6.04 Å². The molecule has 0 aliphatic heterocycles. The highest BCUT2D eigenvalue weighted by atomic mass is 16.4. The van der Waals surface area contributed by atoms with Gasteiger partial charge in [-0.25, -0.2) is 4.79 Å². The Hall–Kier alpha value is -3.48. The van der Waals surface area contributed by atoms with Crippen LogP contribution in [0.25, 0.3) is 0 Å². The van der Waals surface area contributed by atoms with Gasteiger partial charge in [0.25, 0.3) is 10.9 Å². The number of nitrogens with zero attached hydrogens (tertiary/aromatic N) is 1. The summed E-state index contributed by atoms with van der Waals surface area (Å²) in [5.74, 6) is -1.15. The Labute approximate surface area is 136 Å². The molecule has 1 unspecified atom stereocenters. The van der Waals surface area contributed by atoms with Gasteiger partial charge in [-0.05, 0) is 17.7 Å². The van der Waals surface area contributed by atoms with E-state index in [-0.39, 0.29) is 11.4 Å². The van der Waals surface area contributed by atoms with Crippen molar-refractivity contribution < 1.29 is 9.90 Å². The second-order valence-electron chi connectivity index (χ2n) is 5.10. The fourth-order valence-electron chi connectivity index (χ4n) is 2.31. The van der Waals surface area contributed by atoms with Crippen LogP contribution in [-0.4, -0.2) is 16.1 Å². The smallest absolute Gasteiger partial charge is 0.330 e. The molecule has 3 N–H and O–H groups in total. The zero-order valence-corrected chi connectivity index (χ0v) is 12.4. The minimum atomic E-state index is -1.15. The molecule has 0 saturated carbocycles. The van der Waals surface area contributed by atoms with Gasteiger partial charge in [-0.2, -0.15) is 0 Å². The average molecular weight is 323 g/mol. The fraction of sp³-hybridized carbons (Fsp3) is 0.0588. The SMILES string of the molecule is O=C(O)C(Nc1c(Nc2ccncc2)c(=O)c1=O)c1ccccc1. The molecule has 1 atom stereocenters. The number of aliphatic carboxylic acids is 1. The van der Waals surface area contributed by atoms with E-state index < -0.39 is 22.9 Å². The molecule has 0 aliphatic carbocycles. The summed E-state index contributed by atoms with van der Waals surface area (Å²) in [7, 11) is 0. The van der Waals surface area contributed by atoms with Crippen molar-refractivity contribution in [2.45, 2.75) is 6.04 Å². The predicted octanol–water partition coefficient (Wildman–Crippen LogP) is 1.66. The Bertz CT molecular complexity index is 932. The molecule has 0 amide bonds. The number of carboxylic acids is 1. The molecule has 0 fully saturated rings. The van der Waals surface area contributed by atoms with Crippen molar-refractivity contribution in [1.82, 2.24) is 4.98 Å². The van der Waals surface area contributed by atoms with Gasteiger partial charge in [0, 0.05) is 18.1 Å². The lowest BCUT2D eigenvalue weighted by Gasteiger charge is -2.20.